The molecule has 0 fully saturated rings. The summed E-state index contributed by atoms with van der Waals surface area (Å²) in [4.78, 5) is 7.03. The smallest absolute Gasteiger partial charge is 0.159 e. The first-order chi connectivity index (χ1) is 68.2. The van der Waals surface area contributed by atoms with Crippen LogP contribution in [0.15, 0.2) is 488 Å². The first-order valence-corrected chi connectivity index (χ1v) is 49.0. The summed E-state index contributed by atoms with van der Waals surface area (Å²) in [6.07, 6.45) is 0. The monoisotopic (exact) mass is 1800 g/mol. The van der Waals surface area contributed by atoms with Gasteiger partial charge in [0.2, 0.25) is 0 Å². The Balaban J connectivity index is 0.000000110. The molecule has 5 nitrogen and oxygen atoms in total. The predicted octanol–water partition coefficient (Wildman–Crippen LogP) is 38.0. The van der Waals surface area contributed by atoms with Gasteiger partial charge in [0.1, 0.15) is 11.2 Å². The number of furan rings is 2. The van der Waals surface area contributed by atoms with Gasteiger partial charge < -0.3 is 23.5 Å². The van der Waals surface area contributed by atoms with Crippen LogP contribution in [0.2, 0.25) is 0 Å². The van der Waals surface area contributed by atoms with Crippen molar-refractivity contribution in [2.24, 2.45) is 0 Å². The van der Waals surface area contributed by atoms with Crippen molar-refractivity contribution in [3.63, 3.8) is 0 Å². The molecule has 3 aliphatic rings. The number of hydrogen-bond acceptors (Lipinski definition) is 6. The highest BCUT2D eigenvalue weighted by molar-refractivity contribution is 7.25. The van der Waals surface area contributed by atoms with Gasteiger partial charge in [-0.25, -0.2) is 0 Å². The van der Waals surface area contributed by atoms with Crippen molar-refractivity contribution in [2.75, 3.05) is 14.7 Å². The third kappa shape index (κ3) is 14.6. The molecular formula is C133H97N3O2S. The molecule has 139 heavy (non-hydrogen) atoms. The standard InChI is InChI=1S/C45H33NO.C45H33NS.C43H31NO/c1-45(2)40-18-10-9-16-36(40)38-28-39-37-17-11-19-42(44(37)47-43(39)29-41(38)45)46(34-24-20-32(21-25-34)30-12-5-3-6-13-30)35-26-22-33(23-27-35)31-14-7-4-8-15-31;1-45(2)41-27-36(25-26-37(41)39-28-40-38-15-9-10-16-43(38)47-44(40)29-42(39)45)46(34-21-17-32(18-22-34)30-11-5-3-6-12-30)35-23-19-33(20-24-35)31-13-7-4-8-14-31;1-43(2)38-17-9-8-15-34(38)36-26-37-35-16-10-18-40(42(35)45-41(37)27-39(36)43)44(32-13-4-3-5-14-32)33-23-21-29(22-24-33)31-20-19-28-11-6-7-12-30(28)25-31/h2*3-29H,1-2H3;3-27H,1-2H3. The van der Waals surface area contributed by atoms with Crippen LogP contribution in [0.3, 0.4) is 0 Å². The van der Waals surface area contributed by atoms with Gasteiger partial charge in [0.25, 0.3) is 0 Å². The highest BCUT2D eigenvalue weighted by Crippen LogP contribution is 2.57. The molecule has 0 N–H and O–H groups in total. The molecule has 0 saturated carbocycles. The number of rotatable bonds is 14. The van der Waals surface area contributed by atoms with E-state index in [0.29, 0.717) is 0 Å². The summed E-state index contributed by atoms with van der Waals surface area (Å²) in [6, 6.07) is 173. The third-order valence-electron chi connectivity index (χ3n) is 29.4. The summed E-state index contributed by atoms with van der Waals surface area (Å²) in [7, 11) is 0. The Morgan fingerprint density at radius 3 is 0.950 bits per heavy atom. The molecule has 3 heterocycles. The predicted molar refractivity (Wildman–Crippen MR) is 588 cm³/mol. The highest BCUT2D eigenvalue weighted by atomic mass is 32.1. The van der Waals surface area contributed by atoms with Gasteiger partial charge in [-0.2, -0.15) is 0 Å². The van der Waals surface area contributed by atoms with Gasteiger partial charge in [-0.1, -0.05) is 375 Å². The maximum atomic E-state index is 6.87. The third-order valence-corrected chi connectivity index (χ3v) is 30.5. The molecule has 27 rings (SSSR count). The van der Waals surface area contributed by atoms with E-state index in [2.05, 4.69) is 535 Å². The number of fused-ring (bicyclic) bond motifs is 19. The zero-order valence-electron chi connectivity index (χ0n) is 78.2. The van der Waals surface area contributed by atoms with Gasteiger partial charge in [-0.3, -0.25) is 0 Å². The quantitative estimate of drug-likeness (QED) is 0.108. The number of benzene rings is 21. The normalized spacial score (nSPS) is 13.1. The summed E-state index contributed by atoms with van der Waals surface area (Å²) < 4.78 is 16.4. The van der Waals surface area contributed by atoms with Crippen molar-refractivity contribution in [1.82, 2.24) is 0 Å². The first-order valence-electron chi connectivity index (χ1n) is 48.1. The molecular weight excluding hydrogens is 1700 g/mol. The van der Waals surface area contributed by atoms with E-state index in [4.69, 9.17) is 8.83 Å². The second kappa shape index (κ2) is 33.9. The fourth-order valence-electron chi connectivity index (χ4n) is 22.2. The topological polar surface area (TPSA) is 36.0 Å². The molecule has 21 aromatic carbocycles. The number of anilines is 9. The van der Waals surface area contributed by atoms with Gasteiger partial charge in [0.15, 0.2) is 11.2 Å². The SMILES string of the molecule is CC1(C)c2cc(N(c3ccc(-c4ccccc4)cc3)c3ccc(-c4ccccc4)cc3)ccc2-c2cc3c(cc21)sc1ccccc13.CC1(C)c2ccccc2-c2cc3c(cc21)oc1c(N(c2ccc(-c4ccccc4)cc2)c2ccc(-c4ccccc4)cc2)cccc13.CC1(C)c2ccccc2-c2cc3c(cc21)oc1c(N(c2ccccc2)c2ccc(-c4ccc5ccccc5c4)cc2)cccc13. The zero-order valence-corrected chi connectivity index (χ0v) is 79.0. The lowest BCUT2D eigenvalue weighted by Gasteiger charge is -2.28. The zero-order chi connectivity index (χ0) is 93.2. The van der Waals surface area contributed by atoms with Gasteiger partial charge in [-0.15, -0.1) is 11.3 Å². The molecule has 0 amide bonds. The Labute approximate surface area is 814 Å². The first kappa shape index (κ1) is 83.9. The number of hydrogen-bond donors (Lipinski definition) is 0. The lowest BCUT2D eigenvalue weighted by atomic mass is 9.82. The largest absolute Gasteiger partial charge is 0.454 e. The van der Waals surface area contributed by atoms with Crippen LogP contribution >= 0.6 is 11.3 Å². The van der Waals surface area contributed by atoms with E-state index in [1.807, 2.05) is 11.3 Å². The van der Waals surface area contributed by atoms with Crippen molar-refractivity contribution >= 4 is 137 Å². The van der Waals surface area contributed by atoms with Crippen molar-refractivity contribution in [3.05, 3.63) is 513 Å². The lowest BCUT2D eigenvalue weighted by molar-refractivity contribution is 0.647. The minimum absolute atomic E-state index is 0.0786. The molecule has 3 aromatic heterocycles. The fourth-order valence-corrected chi connectivity index (χ4v) is 23.3. The maximum Gasteiger partial charge on any atom is 0.159 e. The van der Waals surface area contributed by atoms with Gasteiger partial charge in [0.05, 0.1) is 11.4 Å². The van der Waals surface area contributed by atoms with Gasteiger partial charge in [-0.05, 0) is 279 Å². The Morgan fingerprint density at radius 1 is 0.180 bits per heavy atom. The summed E-state index contributed by atoms with van der Waals surface area (Å²) in [5.41, 5.74) is 41.3. The molecule has 0 spiro atoms. The molecule has 0 aliphatic heterocycles. The van der Waals surface area contributed by atoms with Crippen LogP contribution < -0.4 is 14.7 Å². The molecule has 0 radical (unpaired) electrons. The Morgan fingerprint density at radius 2 is 0.496 bits per heavy atom. The van der Waals surface area contributed by atoms with Crippen LogP contribution in [-0.2, 0) is 16.2 Å². The molecule has 0 saturated heterocycles. The summed E-state index contributed by atoms with van der Waals surface area (Å²) in [6.45, 7) is 14.0. The van der Waals surface area contributed by atoms with Crippen LogP contribution in [0.25, 0.3) is 164 Å². The molecule has 662 valence electrons. The van der Waals surface area contributed by atoms with Crippen LogP contribution in [0.4, 0.5) is 51.2 Å². The second-order valence-electron chi connectivity index (χ2n) is 38.6. The highest BCUT2D eigenvalue weighted by Gasteiger charge is 2.40. The van der Waals surface area contributed by atoms with Gasteiger partial charge >= 0.3 is 0 Å². The molecule has 0 unspecified atom stereocenters. The van der Waals surface area contributed by atoms with E-state index >= 15 is 0 Å². The minimum Gasteiger partial charge on any atom is -0.454 e. The van der Waals surface area contributed by atoms with Crippen LogP contribution in [0.1, 0.15) is 74.9 Å². The Kier molecular flexibility index (Phi) is 20.4. The summed E-state index contributed by atoms with van der Waals surface area (Å²) in [5, 5.41) is 9.75. The lowest BCUT2D eigenvalue weighted by Crippen LogP contribution is -2.16. The van der Waals surface area contributed by atoms with Gasteiger partial charge in [0, 0.05) is 97.8 Å². The maximum absolute atomic E-state index is 6.87. The molecule has 0 atom stereocenters. The number of thiophene rings is 1. The fraction of sp³-hybridized carbons (Fsp3) is 0.0677. The Hall–Kier alpha value is -16.9. The average molecular weight is 1800 g/mol. The van der Waals surface area contributed by atoms with Crippen LogP contribution in [0, 0.1) is 0 Å². The van der Waals surface area contributed by atoms with E-state index < -0.39 is 0 Å². The van der Waals surface area contributed by atoms with Crippen LogP contribution in [0.5, 0.6) is 0 Å². The van der Waals surface area contributed by atoms with E-state index in [1.165, 1.54) is 153 Å². The Bertz CT molecular complexity index is 8680. The number of para-hydroxylation sites is 3. The summed E-state index contributed by atoms with van der Waals surface area (Å²) >= 11 is 1.90. The molecule has 24 aromatic rings. The van der Waals surface area contributed by atoms with E-state index in [9.17, 15) is 0 Å². The molecule has 6 heteroatoms. The van der Waals surface area contributed by atoms with Crippen molar-refractivity contribution in [2.45, 2.75) is 57.8 Å². The average Bonchev–Trinajstić information content (AvgIpc) is 1.57. The van der Waals surface area contributed by atoms with E-state index in [-0.39, 0.29) is 16.2 Å². The van der Waals surface area contributed by atoms with Crippen LogP contribution in [-0.4, -0.2) is 0 Å². The van der Waals surface area contributed by atoms with E-state index in [1.54, 1.807) is 0 Å². The minimum atomic E-state index is -0.120. The van der Waals surface area contributed by atoms with E-state index in [0.717, 1.165) is 95.1 Å². The number of nitrogens with zero attached hydrogens (tertiary/aromatic N) is 3. The molecule has 0 bridgehead atoms. The van der Waals surface area contributed by atoms with Crippen molar-refractivity contribution < 1.29 is 8.83 Å². The summed E-state index contributed by atoms with van der Waals surface area (Å²) in [5.74, 6) is 0. The second-order valence-corrected chi connectivity index (χ2v) is 39.7. The van der Waals surface area contributed by atoms with Crippen molar-refractivity contribution in [1.29, 1.82) is 0 Å². The van der Waals surface area contributed by atoms with Crippen molar-refractivity contribution in [3.8, 4) is 89.0 Å². The molecule has 3 aliphatic carbocycles.